The van der Waals surface area contributed by atoms with E-state index < -0.39 is 0 Å². The predicted octanol–water partition coefficient (Wildman–Crippen LogP) is 4.03. The fraction of sp³-hybridized carbons (Fsp3) is 0. The molecule has 0 bridgehead atoms. The van der Waals surface area contributed by atoms with Gasteiger partial charge >= 0.3 is 0 Å². The minimum Gasteiger partial charge on any atom is -0.382 e. The summed E-state index contributed by atoms with van der Waals surface area (Å²) >= 11 is 12.2. The molecule has 0 fully saturated rings. The lowest BCUT2D eigenvalue weighted by Gasteiger charge is -2.06. The van der Waals surface area contributed by atoms with Gasteiger partial charge in [-0.1, -0.05) is 29.3 Å². The molecule has 0 spiro atoms. The number of pyridine rings is 1. The Hall–Kier alpha value is -2.04. The van der Waals surface area contributed by atoms with E-state index in [1.807, 2.05) is 24.3 Å². The highest BCUT2D eigenvalue weighted by Gasteiger charge is 2.17. The molecule has 0 aliphatic heterocycles. The number of halogens is 2. The third-order valence-corrected chi connectivity index (χ3v) is 3.46. The molecule has 3 rings (SSSR count). The van der Waals surface area contributed by atoms with Crippen LogP contribution < -0.4 is 5.73 Å². The van der Waals surface area contributed by atoms with Crippen molar-refractivity contribution in [1.82, 2.24) is 15.2 Å². The Bertz CT molecular complexity index is 753. The molecule has 0 saturated carbocycles. The van der Waals surface area contributed by atoms with Crippen LogP contribution in [0.3, 0.4) is 0 Å². The molecule has 2 aromatic heterocycles. The Labute approximate surface area is 125 Å². The van der Waals surface area contributed by atoms with Crippen molar-refractivity contribution in [3.8, 4) is 22.5 Å². The van der Waals surface area contributed by atoms with Gasteiger partial charge in [0.2, 0.25) is 0 Å². The number of anilines is 1. The summed E-state index contributed by atoms with van der Waals surface area (Å²) < 4.78 is 0. The van der Waals surface area contributed by atoms with Gasteiger partial charge < -0.3 is 5.73 Å². The molecule has 6 heteroatoms. The standard InChI is InChI=1S/C14H10Cl2N4/c15-8-4-5-9(10(16)7-8)13-12(14(17)20-19-13)11-3-1-2-6-18-11/h1-7H,(H3,17,19,20). The Kier molecular flexibility index (Phi) is 3.34. The van der Waals surface area contributed by atoms with E-state index in [9.17, 15) is 0 Å². The van der Waals surface area contributed by atoms with E-state index in [4.69, 9.17) is 28.9 Å². The van der Waals surface area contributed by atoms with E-state index in [0.29, 0.717) is 15.9 Å². The van der Waals surface area contributed by atoms with Gasteiger partial charge in [-0.15, -0.1) is 0 Å². The van der Waals surface area contributed by atoms with Crippen LogP contribution in [-0.4, -0.2) is 15.2 Å². The molecule has 1 aromatic carbocycles. The smallest absolute Gasteiger partial charge is 0.155 e. The summed E-state index contributed by atoms with van der Waals surface area (Å²) in [6, 6.07) is 10.9. The number of rotatable bonds is 2. The molecule has 0 amide bonds. The van der Waals surface area contributed by atoms with E-state index in [2.05, 4.69) is 15.2 Å². The van der Waals surface area contributed by atoms with Crippen LogP contribution in [0.5, 0.6) is 0 Å². The van der Waals surface area contributed by atoms with Gasteiger partial charge in [0, 0.05) is 16.8 Å². The van der Waals surface area contributed by atoms with Gasteiger partial charge in [0.25, 0.3) is 0 Å². The minimum atomic E-state index is 0.379. The molecule has 4 nitrogen and oxygen atoms in total. The third kappa shape index (κ3) is 2.24. The summed E-state index contributed by atoms with van der Waals surface area (Å²) in [4.78, 5) is 4.31. The lowest BCUT2D eigenvalue weighted by molar-refractivity contribution is 1.10. The van der Waals surface area contributed by atoms with Crippen LogP contribution in [0.1, 0.15) is 0 Å². The Morgan fingerprint density at radius 3 is 2.65 bits per heavy atom. The maximum atomic E-state index is 6.24. The second-order valence-electron chi connectivity index (χ2n) is 4.20. The maximum absolute atomic E-state index is 6.24. The zero-order valence-corrected chi connectivity index (χ0v) is 11.8. The van der Waals surface area contributed by atoms with Crippen LogP contribution in [0.2, 0.25) is 10.0 Å². The van der Waals surface area contributed by atoms with Gasteiger partial charge in [0.15, 0.2) is 5.82 Å². The summed E-state index contributed by atoms with van der Waals surface area (Å²) in [6.07, 6.45) is 1.70. The van der Waals surface area contributed by atoms with Crippen molar-refractivity contribution >= 4 is 29.0 Å². The number of hydrogen-bond donors (Lipinski definition) is 2. The van der Waals surface area contributed by atoms with Crippen molar-refractivity contribution in [3.63, 3.8) is 0 Å². The molecule has 0 radical (unpaired) electrons. The highest BCUT2D eigenvalue weighted by molar-refractivity contribution is 6.36. The first-order chi connectivity index (χ1) is 9.66. The predicted molar refractivity (Wildman–Crippen MR) is 81.7 cm³/mol. The van der Waals surface area contributed by atoms with Crippen molar-refractivity contribution in [2.75, 3.05) is 5.73 Å². The number of nitrogens with zero attached hydrogens (tertiary/aromatic N) is 2. The fourth-order valence-electron chi connectivity index (χ4n) is 2.01. The summed E-state index contributed by atoms with van der Waals surface area (Å²) in [6.45, 7) is 0. The molecule has 20 heavy (non-hydrogen) atoms. The molecule has 2 heterocycles. The van der Waals surface area contributed by atoms with Crippen LogP contribution in [0.4, 0.5) is 5.82 Å². The first kappa shape index (κ1) is 13.0. The summed E-state index contributed by atoms with van der Waals surface area (Å²) in [5, 5.41) is 8.06. The monoisotopic (exact) mass is 304 g/mol. The summed E-state index contributed by atoms with van der Waals surface area (Å²) in [5.74, 6) is 0.379. The minimum absolute atomic E-state index is 0.379. The molecule has 0 aliphatic rings. The number of nitrogens with one attached hydrogen (secondary N) is 1. The van der Waals surface area contributed by atoms with Crippen molar-refractivity contribution in [3.05, 3.63) is 52.6 Å². The van der Waals surface area contributed by atoms with Crippen LogP contribution in [0.25, 0.3) is 22.5 Å². The van der Waals surface area contributed by atoms with Crippen LogP contribution in [0.15, 0.2) is 42.6 Å². The Morgan fingerprint density at radius 1 is 1.10 bits per heavy atom. The summed E-state index contributed by atoms with van der Waals surface area (Å²) in [5.41, 5.74) is 8.91. The number of H-pyrrole nitrogens is 1. The van der Waals surface area contributed by atoms with E-state index >= 15 is 0 Å². The number of benzene rings is 1. The molecule has 0 unspecified atom stereocenters. The zero-order valence-electron chi connectivity index (χ0n) is 10.3. The van der Waals surface area contributed by atoms with E-state index in [1.54, 1.807) is 18.3 Å². The molecule has 0 saturated heterocycles. The SMILES string of the molecule is Nc1n[nH]c(-c2ccc(Cl)cc2Cl)c1-c1ccccn1. The molecule has 0 aliphatic carbocycles. The lowest BCUT2D eigenvalue weighted by Crippen LogP contribution is -1.91. The molecule has 0 atom stereocenters. The number of hydrogen-bond acceptors (Lipinski definition) is 3. The van der Waals surface area contributed by atoms with Crippen LogP contribution >= 0.6 is 23.2 Å². The maximum Gasteiger partial charge on any atom is 0.155 e. The van der Waals surface area contributed by atoms with Gasteiger partial charge in [-0.25, -0.2) is 0 Å². The van der Waals surface area contributed by atoms with Gasteiger partial charge in [0.05, 0.1) is 22.0 Å². The highest BCUT2D eigenvalue weighted by atomic mass is 35.5. The molecular formula is C14H10Cl2N4. The average Bonchev–Trinajstić information content (AvgIpc) is 2.81. The van der Waals surface area contributed by atoms with Gasteiger partial charge in [-0.05, 0) is 30.3 Å². The van der Waals surface area contributed by atoms with E-state index in [-0.39, 0.29) is 0 Å². The third-order valence-electron chi connectivity index (χ3n) is 2.92. The first-order valence-corrected chi connectivity index (χ1v) is 6.63. The van der Waals surface area contributed by atoms with Crippen LogP contribution in [0, 0.1) is 0 Å². The van der Waals surface area contributed by atoms with Crippen molar-refractivity contribution in [1.29, 1.82) is 0 Å². The van der Waals surface area contributed by atoms with Crippen molar-refractivity contribution < 1.29 is 0 Å². The lowest BCUT2D eigenvalue weighted by atomic mass is 10.0. The zero-order chi connectivity index (χ0) is 14.1. The average molecular weight is 305 g/mol. The highest BCUT2D eigenvalue weighted by Crippen LogP contribution is 2.37. The topological polar surface area (TPSA) is 67.6 Å². The van der Waals surface area contributed by atoms with Gasteiger partial charge in [-0.2, -0.15) is 5.10 Å². The quantitative estimate of drug-likeness (QED) is 0.751. The first-order valence-electron chi connectivity index (χ1n) is 5.87. The molecule has 100 valence electrons. The van der Waals surface area contributed by atoms with E-state index in [0.717, 1.165) is 22.5 Å². The summed E-state index contributed by atoms with van der Waals surface area (Å²) in [7, 11) is 0. The number of nitrogens with two attached hydrogens (primary N) is 1. The Balaban J connectivity index is 2.21. The second kappa shape index (κ2) is 5.15. The number of aromatic amines is 1. The molecule has 3 aromatic rings. The number of nitrogen functional groups attached to an aromatic ring is 1. The van der Waals surface area contributed by atoms with Gasteiger partial charge in [0.1, 0.15) is 0 Å². The Morgan fingerprint density at radius 2 is 1.95 bits per heavy atom. The fourth-order valence-corrected chi connectivity index (χ4v) is 2.52. The van der Waals surface area contributed by atoms with E-state index in [1.165, 1.54) is 0 Å². The van der Waals surface area contributed by atoms with Gasteiger partial charge in [-0.3, -0.25) is 10.1 Å². The molecular weight excluding hydrogens is 295 g/mol. The number of aromatic nitrogens is 3. The van der Waals surface area contributed by atoms with Crippen molar-refractivity contribution in [2.24, 2.45) is 0 Å². The molecule has 3 N–H and O–H groups in total. The normalized spacial score (nSPS) is 10.7. The second-order valence-corrected chi connectivity index (χ2v) is 5.04. The van der Waals surface area contributed by atoms with Crippen molar-refractivity contribution in [2.45, 2.75) is 0 Å². The largest absolute Gasteiger partial charge is 0.382 e. The van der Waals surface area contributed by atoms with Crippen LogP contribution in [-0.2, 0) is 0 Å².